The minimum atomic E-state index is -1.27. The van der Waals surface area contributed by atoms with Gasteiger partial charge >= 0.3 is 5.97 Å². The smallest absolute Gasteiger partial charge is 0.337 e. The fourth-order valence-electron chi connectivity index (χ4n) is 3.63. The van der Waals surface area contributed by atoms with Crippen LogP contribution >= 0.6 is 11.3 Å². The largest absolute Gasteiger partial charge is 0.478 e. The number of aromatic nitrogens is 3. The monoisotopic (exact) mass is 456 g/mol. The molecule has 3 heterocycles. The molecule has 1 aromatic carbocycles. The molecule has 0 aliphatic carbocycles. The van der Waals surface area contributed by atoms with Crippen molar-refractivity contribution in [3.8, 4) is 11.5 Å². The van der Waals surface area contributed by atoms with Crippen molar-refractivity contribution in [2.75, 3.05) is 5.32 Å². The first-order valence-corrected chi connectivity index (χ1v) is 10.4. The van der Waals surface area contributed by atoms with Gasteiger partial charge in [0.15, 0.2) is 11.6 Å². The third-order valence-corrected chi connectivity index (χ3v) is 6.22. The molecule has 32 heavy (non-hydrogen) atoms. The summed E-state index contributed by atoms with van der Waals surface area (Å²) < 4.78 is 29.6. The molecule has 1 unspecified atom stereocenters. The van der Waals surface area contributed by atoms with Gasteiger partial charge in [-0.25, -0.2) is 23.5 Å². The van der Waals surface area contributed by atoms with Gasteiger partial charge in [0.2, 0.25) is 0 Å². The van der Waals surface area contributed by atoms with Crippen LogP contribution in [0.4, 0.5) is 14.5 Å². The van der Waals surface area contributed by atoms with E-state index in [1.807, 2.05) is 6.92 Å². The number of aryl methyl sites for hydroxylation is 1. The van der Waals surface area contributed by atoms with Crippen LogP contribution in [-0.2, 0) is 7.05 Å². The SMILES string of the molecule is Cc1sc2c(=O)n(C)c(-c3ncccc3F)nc2c1C(C)Nc1ccc(F)cc1C(=O)O. The molecule has 0 spiro atoms. The standard InChI is InChI=1S/C22H18F2N4O3S/c1-10(26-15-7-6-12(23)9-13(15)22(30)31)16-11(2)32-19-18(16)27-20(28(3)21(19)29)17-14(24)5-4-8-25-17/h4-10,26H,1-3H3,(H,30,31). The zero-order valence-corrected chi connectivity index (χ0v) is 18.1. The summed E-state index contributed by atoms with van der Waals surface area (Å²) in [6, 6.07) is 5.66. The highest BCUT2D eigenvalue weighted by molar-refractivity contribution is 7.19. The minimum Gasteiger partial charge on any atom is -0.478 e. The fourth-order valence-corrected chi connectivity index (χ4v) is 4.79. The van der Waals surface area contributed by atoms with Crippen molar-refractivity contribution in [3.05, 3.63) is 74.5 Å². The molecule has 4 rings (SSSR count). The molecule has 0 aliphatic rings. The number of fused-ring (bicyclic) bond motifs is 1. The number of carboxylic acid groups (broad SMARTS) is 1. The van der Waals surface area contributed by atoms with Crippen molar-refractivity contribution in [2.24, 2.45) is 7.05 Å². The van der Waals surface area contributed by atoms with E-state index in [1.165, 1.54) is 47.3 Å². The molecule has 0 amide bonds. The fraction of sp³-hybridized carbons (Fsp3) is 0.182. The van der Waals surface area contributed by atoms with Gasteiger partial charge < -0.3 is 10.4 Å². The van der Waals surface area contributed by atoms with E-state index in [-0.39, 0.29) is 28.3 Å². The van der Waals surface area contributed by atoms with E-state index >= 15 is 0 Å². The van der Waals surface area contributed by atoms with Crippen molar-refractivity contribution in [3.63, 3.8) is 0 Å². The Kier molecular flexibility index (Phi) is 5.47. The molecule has 7 nitrogen and oxygen atoms in total. The second kappa shape index (κ2) is 8.12. The minimum absolute atomic E-state index is 0.0453. The summed E-state index contributed by atoms with van der Waals surface area (Å²) in [4.78, 5) is 33.9. The number of rotatable bonds is 5. The zero-order chi connectivity index (χ0) is 23.2. The van der Waals surface area contributed by atoms with Crippen LogP contribution in [0.2, 0.25) is 0 Å². The molecule has 4 aromatic rings. The van der Waals surface area contributed by atoms with E-state index in [0.717, 1.165) is 17.0 Å². The van der Waals surface area contributed by atoms with Crippen LogP contribution in [0.15, 0.2) is 41.3 Å². The van der Waals surface area contributed by atoms with Crippen molar-refractivity contribution in [2.45, 2.75) is 19.9 Å². The van der Waals surface area contributed by atoms with Crippen molar-refractivity contribution < 1.29 is 18.7 Å². The van der Waals surface area contributed by atoms with Crippen molar-refractivity contribution in [1.29, 1.82) is 0 Å². The summed E-state index contributed by atoms with van der Waals surface area (Å²) in [6.45, 7) is 3.60. The van der Waals surface area contributed by atoms with Crippen LogP contribution in [-0.4, -0.2) is 25.6 Å². The van der Waals surface area contributed by atoms with Gasteiger partial charge in [-0.2, -0.15) is 0 Å². The van der Waals surface area contributed by atoms with E-state index < -0.39 is 23.6 Å². The summed E-state index contributed by atoms with van der Waals surface area (Å²) in [6.07, 6.45) is 1.42. The molecule has 10 heteroatoms. The summed E-state index contributed by atoms with van der Waals surface area (Å²) in [7, 11) is 1.51. The lowest BCUT2D eigenvalue weighted by Gasteiger charge is -2.18. The van der Waals surface area contributed by atoms with E-state index in [9.17, 15) is 23.5 Å². The molecule has 0 fully saturated rings. The number of benzene rings is 1. The van der Waals surface area contributed by atoms with Gasteiger partial charge in [-0.15, -0.1) is 11.3 Å². The number of carboxylic acids is 1. The van der Waals surface area contributed by atoms with E-state index in [1.54, 1.807) is 6.92 Å². The molecule has 164 valence electrons. The van der Waals surface area contributed by atoms with Gasteiger partial charge in [0, 0.05) is 29.4 Å². The topological polar surface area (TPSA) is 97.1 Å². The number of carbonyl (C=O) groups is 1. The molecular weight excluding hydrogens is 438 g/mol. The summed E-state index contributed by atoms with van der Waals surface area (Å²) in [5.41, 5.74) is 0.681. The number of anilines is 1. The maximum Gasteiger partial charge on any atom is 0.337 e. The van der Waals surface area contributed by atoms with Crippen LogP contribution in [0.25, 0.3) is 21.7 Å². The third-order valence-electron chi connectivity index (χ3n) is 5.13. The highest BCUT2D eigenvalue weighted by Crippen LogP contribution is 2.35. The van der Waals surface area contributed by atoms with E-state index in [0.29, 0.717) is 15.8 Å². The first-order chi connectivity index (χ1) is 15.2. The number of halogens is 2. The highest BCUT2D eigenvalue weighted by Gasteiger charge is 2.24. The van der Waals surface area contributed by atoms with E-state index in [2.05, 4.69) is 15.3 Å². The Labute approximate surface area is 185 Å². The van der Waals surface area contributed by atoms with Crippen LogP contribution in [0.5, 0.6) is 0 Å². The predicted octanol–water partition coefficient (Wildman–Crippen LogP) is 4.51. The lowest BCUT2D eigenvalue weighted by molar-refractivity contribution is 0.0697. The van der Waals surface area contributed by atoms with Crippen LogP contribution < -0.4 is 10.9 Å². The van der Waals surface area contributed by atoms with Gasteiger partial charge in [-0.05, 0) is 44.2 Å². The summed E-state index contributed by atoms with van der Waals surface area (Å²) in [5.74, 6) is -2.46. The van der Waals surface area contributed by atoms with Gasteiger partial charge in [-0.3, -0.25) is 9.36 Å². The highest BCUT2D eigenvalue weighted by atomic mass is 32.1. The zero-order valence-electron chi connectivity index (χ0n) is 17.3. The molecular formula is C22H18F2N4O3S. The number of thiophene rings is 1. The first-order valence-electron chi connectivity index (χ1n) is 9.59. The number of hydrogen-bond donors (Lipinski definition) is 2. The average molecular weight is 456 g/mol. The molecule has 2 N–H and O–H groups in total. The van der Waals surface area contributed by atoms with Gasteiger partial charge in [0.25, 0.3) is 5.56 Å². The number of hydrogen-bond acceptors (Lipinski definition) is 6. The van der Waals surface area contributed by atoms with Crippen LogP contribution in [0.1, 0.15) is 33.8 Å². The molecule has 0 bridgehead atoms. The quantitative estimate of drug-likeness (QED) is 0.459. The molecule has 0 saturated carbocycles. The Morgan fingerprint density at radius 2 is 2.03 bits per heavy atom. The molecule has 0 aliphatic heterocycles. The number of nitrogens with one attached hydrogen (secondary N) is 1. The molecule has 0 saturated heterocycles. The van der Waals surface area contributed by atoms with Crippen LogP contribution in [0.3, 0.4) is 0 Å². The van der Waals surface area contributed by atoms with Crippen molar-refractivity contribution >= 4 is 33.2 Å². The predicted molar refractivity (Wildman–Crippen MR) is 118 cm³/mol. The Bertz CT molecular complexity index is 1430. The normalized spacial score (nSPS) is 12.2. The molecule has 1 atom stereocenters. The third kappa shape index (κ3) is 3.62. The van der Waals surface area contributed by atoms with Crippen LogP contribution in [0, 0.1) is 18.6 Å². The average Bonchev–Trinajstić information content (AvgIpc) is 3.08. The Hall–Kier alpha value is -3.66. The Morgan fingerprint density at radius 3 is 2.72 bits per heavy atom. The first kappa shape index (κ1) is 21.6. The Morgan fingerprint density at radius 1 is 1.28 bits per heavy atom. The lowest BCUT2D eigenvalue weighted by Crippen LogP contribution is -2.20. The number of aromatic carboxylic acids is 1. The number of pyridine rings is 1. The van der Waals surface area contributed by atoms with Crippen molar-refractivity contribution in [1.82, 2.24) is 14.5 Å². The molecule has 0 radical (unpaired) electrons. The second-order valence-corrected chi connectivity index (χ2v) is 8.47. The Balaban J connectivity index is 1.87. The second-order valence-electron chi connectivity index (χ2n) is 7.24. The van der Waals surface area contributed by atoms with Gasteiger partial charge in [0.05, 0.1) is 17.1 Å². The summed E-state index contributed by atoms with van der Waals surface area (Å²) >= 11 is 1.25. The van der Waals surface area contributed by atoms with Gasteiger partial charge in [-0.1, -0.05) is 0 Å². The lowest BCUT2D eigenvalue weighted by atomic mass is 10.1. The van der Waals surface area contributed by atoms with E-state index in [4.69, 9.17) is 0 Å². The maximum absolute atomic E-state index is 14.4. The maximum atomic E-state index is 14.4. The van der Waals surface area contributed by atoms with Gasteiger partial charge in [0.1, 0.15) is 16.2 Å². The summed E-state index contributed by atoms with van der Waals surface area (Å²) in [5, 5.41) is 12.5. The molecule has 3 aromatic heterocycles. The number of nitrogens with zero attached hydrogens (tertiary/aromatic N) is 3.